The second-order valence-corrected chi connectivity index (χ2v) is 10.3. The van der Waals surface area contributed by atoms with Crippen molar-refractivity contribution in [3.8, 4) is 0 Å². The third-order valence-corrected chi connectivity index (χ3v) is 8.16. The van der Waals surface area contributed by atoms with Crippen molar-refractivity contribution in [2.45, 2.75) is 43.5 Å². The van der Waals surface area contributed by atoms with Gasteiger partial charge < -0.3 is 4.90 Å². The van der Waals surface area contributed by atoms with Gasteiger partial charge in [0.15, 0.2) is 0 Å². The fraction of sp³-hybridized carbons (Fsp3) is 0.450. The zero-order valence-electron chi connectivity index (χ0n) is 15.7. The molecule has 1 atom stereocenters. The van der Waals surface area contributed by atoms with Crippen molar-refractivity contribution < 1.29 is 13.2 Å². The second kappa shape index (κ2) is 8.54. The third kappa shape index (κ3) is 4.59. The summed E-state index contributed by atoms with van der Waals surface area (Å²) in [5.74, 6) is -0.250. The largest absolute Gasteiger partial charge is 0.336 e. The molecule has 1 aromatic heterocycles. The number of carbonyl (C=O) groups is 1. The van der Waals surface area contributed by atoms with Crippen LogP contribution in [0.1, 0.15) is 32.3 Å². The van der Waals surface area contributed by atoms with Gasteiger partial charge in [-0.05, 0) is 43.7 Å². The lowest BCUT2D eigenvalue weighted by molar-refractivity contribution is -0.139. The lowest BCUT2D eigenvalue weighted by Crippen LogP contribution is -2.48. The number of amides is 1. The predicted molar refractivity (Wildman–Crippen MR) is 108 cm³/mol. The standard InChI is InChI=1S/C20H26N2O3S2/c1-16(2)22(14-17-8-4-3-5-9-17)20(23)18-10-6-12-21(15-18)27(24,25)19-11-7-13-26-19/h3-5,7-9,11,13,16,18H,6,10,12,14-15H2,1-2H3/t18-/m0/s1. The fourth-order valence-corrected chi connectivity index (χ4v) is 6.10. The molecule has 1 aliphatic heterocycles. The van der Waals surface area contributed by atoms with Crippen LogP contribution in [0.25, 0.3) is 0 Å². The van der Waals surface area contributed by atoms with Crippen molar-refractivity contribution in [3.05, 3.63) is 53.4 Å². The van der Waals surface area contributed by atoms with Crippen molar-refractivity contribution in [3.63, 3.8) is 0 Å². The highest BCUT2D eigenvalue weighted by Gasteiger charge is 2.36. The van der Waals surface area contributed by atoms with E-state index in [4.69, 9.17) is 0 Å². The highest BCUT2D eigenvalue weighted by atomic mass is 32.2. The minimum atomic E-state index is -3.51. The number of nitrogens with zero attached hydrogens (tertiary/aromatic N) is 2. The number of thiophene rings is 1. The van der Waals surface area contributed by atoms with Gasteiger partial charge in [0, 0.05) is 25.7 Å². The van der Waals surface area contributed by atoms with E-state index in [1.807, 2.05) is 49.1 Å². The maximum atomic E-state index is 13.2. The van der Waals surface area contributed by atoms with Gasteiger partial charge in [0.05, 0.1) is 5.92 Å². The summed E-state index contributed by atoms with van der Waals surface area (Å²) in [7, 11) is -3.51. The van der Waals surface area contributed by atoms with Crippen LogP contribution in [0.2, 0.25) is 0 Å². The summed E-state index contributed by atoms with van der Waals surface area (Å²) in [6.45, 7) is 5.29. The molecule has 2 heterocycles. The highest BCUT2D eigenvalue weighted by molar-refractivity contribution is 7.91. The van der Waals surface area contributed by atoms with Crippen molar-refractivity contribution >= 4 is 27.3 Å². The summed E-state index contributed by atoms with van der Waals surface area (Å²) in [6, 6.07) is 13.3. The molecule has 0 N–H and O–H groups in total. The van der Waals surface area contributed by atoms with Gasteiger partial charge >= 0.3 is 0 Å². The minimum absolute atomic E-state index is 0.0416. The minimum Gasteiger partial charge on any atom is -0.336 e. The van der Waals surface area contributed by atoms with E-state index in [0.29, 0.717) is 23.7 Å². The monoisotopic (exact) mass is 406 g/mol. The molecule has 1 aliphatic rings. The molecule has 2 aromatic rings. The van der Waals surface area contributed by atoms with E-state index in [2.05, 4.69) is 0 Å². The van der Waals surface area contributed by atoms with Crippen molar-refractivity contribution in [1.82, 2.24) is 9.21 Å². The average Bonchev–Trinajstić information content (AvgIpc) is 3.22. The van der Waals surface area contributed by atoms with E-state index in [1.54, 1.807) is 17.5 Å². The Balaban J connectivity index is 1.75. The summed E-state index contributed by atoms with van der Waals surface area (Å²) in [6.07, 6.45) is 1.44. The molecule has 0 saturated carbocycles. The summed E-state index contributed by atoms with van der Waals surface area (Å²) in [5, 5.41) is 1.76. The number of sulfonamides is 1. The van der Waals surface area contributed by atoms with Gasteiger partial charge in [-0.25, -0.2) is 8.42 Å². The molecule has 0 bridgehead atoms. The number of rotatable bonds is 6. The molecular formula is C20H26N2O3S2. The fourth-order valence-electron chi connectivity index (χ4n) is 3.43. The third-order valence-electron chi connectivity index (χ3n) is 4.92. The Kier molecular flexibility index (Phi) is 6.34. The van der Waals surface area contributed by atoms with Crippen LogP contribution in [0.3, 0.4) is 0 Å². The Bertz CT molecular complexity index is 849. The lowest BCUT2D eigenvalue weighted by Gasteiger charge is -2.35. The Morgan fingerprint density at radius 3 is 2.59 bits per heavy atom. The van der Waals surface area contributed by atoms with Gasteiger partial charge in [-0.15, -0.1) is 11.3 Å². The Labute approximate surface area is 165 Å². The van der Waals surface area contributed by atoms with E-state index < -0.39 is 10.0 Å². The first-order chi connectivity index (χ1) is 12.9. The molecule has 0 aliphatic carbocycles. The van der Waals surface area contributed by atoms with Gasteiger partial charge in [-0.2, -0.15) is 4.31 Å². The van der Waals surface area contributed by atoms with Crippen molar-refractivity contribution in [1.29, 1.82) is 0 Å². The maximum absolute atomic E-state index is 13.2. The molecule has 0 unspecified atom stereocenters. The van der Waals surface area contributed by atoms with E-state index in [-0.39, 0.29) is 24.4 Å². The quantitative estimate of drug-likeness (QED) is 0.737. The average molecular weight is 407 g/mol. The SMILES string of the molecule is CC(C)N(Cc1ccccc1)C(=O)[C@H]1CCCN(S(=O)(=O)c2cccs2)C1. The van der Waals surface area contributed by atoms with Crippen molar-refractivity contribution in [2.75, 3.05) is 13.1 Å². The van der Waals surface area contributed by atoms with Crippen LogP contribution in [-0.2, 0) is 21.4 Å². The van der Waals surface area contributed by atoms with Crippen molar-refractivity contribution in [2.24, 2.45) is 5.92 Å². The number of hydrogen-bond acceptors (Lipinski definition) is 4. The zero-order valence-corrected chi connectivity index (χ0v) is 17.4. The number of hydrogen-bond donors (Lipinski definition) is 0. The second-order valence-electron chi connectivity index (χ2n) is 7.18. The summed E-state index contributed by atoms with van der Waals surface area (Å²) in [5.41, 5.74) is 1.08. The molecule has 3 rings (SSSR count). The molecule has 1 fully saturated rings. The van der Waals surface area contributed by atoms with Gasteiger partial charge in [-0.1, -0.05) is 36.4 Å². The molecule has 1 aromatic carbocycles. The van der Waals surface area contributed by atoms with Gasteiger partial charge in [0.1, 0.15) is 4.21 Å². The Morgan fingerprint density at radius 1 is 1.22 bits per heavy atom. The van der Waals surface area contributed by atoms with Gasteiger partial charge in [-0.3, -0.25) is 4.79 Å². The summed E-state index contributed by atoms with van der Waals surface area (Å²) < 4.78 is 27.5. The van der Waals surface area contributed by atoms with E-state index in [9.17, 15) is 13.2 Å². The number of carbonyl (C=O) groups excluding carboxylic acids is 1. The van der Waals surface area contributed by atoms with Crippen LogP contribution in [0.4, 0.5) is 0 Å². The molecule has 146 valence electrons. The van der Waals surface area contributed by atoms with Crippen LogP contribution < -0.4 is 0 Å². The maximum Gasteiger partial charge on any atom is 0.252 e. The van der Waals surface area contributed by atoms with Crippen LogP contribution in [0.5, 0.6) is 0 Å². The topological polar surface area (TPSA) is 57.7 Å². The van der Waals surface area contributed by atoms with Gasteiger partial charge in [0.2, 0.25) is 5.91 Å². The zero-order chi connectivity index (χ0) is 19.4. The van der Waals surface area contributed by atoms with Gasteiger partial charge in [0.25, 0.3) is 10.0 Å². The molecule has 1 saturated heterocycles. The molecule has 27 heavy (non-hydrogen) atoms. The van der Waals surface area contributed by atoms with E-state index >= 15 is 0 Å². The molecular weight excluding hydrogens is 380 g/mol. The molecule has 1 amide bonds. The van der Waals surface area contributed by atoms with Crippen LogP contribution in [-0.4, -0.2) is 42.7 Å². The van der Waals surface area contributed by atoms with Crippen LogP contribution >= 0.6 is 11.3 Å². The lowest BCUT2D eigenvalue weighted by atomic mass is 9.97. The normalized spacial score (nSPS) is 18.6. The van der Waals surface area contributed by atoms with Crippen LogP contribution in [0.15, 0.2) is 52.1 Å². The molecule has 0 radical (unpaired) electrons. The highest BCUT2D eigenvalue weighted by Crippen LogP contribution is 2.28. The first-order valence-corrected chi connectivity index (χ1v) is 11.6. The predicted octanol–water partition coefficient (Wildman–Crippen LogP) is 3.59. The molecule has 7 heteroatoms. The van der Waals surface area contributed by atoms with Crippen LogP contribution in [0, 0.1) is 5.92 Å². The Hall–Kier alpha value is -1.70. The Morgan fingerprint density at radius 2 is 1.96 bits per heavy atom. The van der Waals surface area contributed by atoms with E-state index in [1.165, 1.54) is 15.6 Å². The molecule has 5 nitrogen and oxygen atoms in total. The first kappa shape index (κ1) is 20.0. The van der Waals surface area contributed by atoms with E-state index in [0.717, 1.165) is 12.0 Å². The summed E-state index contributed by atoms with van der Waals surface area (Å²) >= 11 is 1.22. The smallest absolute Gasteiger partial charge is 0.252 e. The summed E-state index contributed by atoms with van der Waals surface area (Å²) in [4.78, 5) is 15.1. The number of piperidine rings is 1. The number of benzene rings is 1. The molecule has 0 spiro atoms. The first-order valence-electron chi connectivity index (χ1n) is 9.27.